The van der Waals surface area contributed by atoms with Crippen molar-refractivity contribution in [1.82, 2.24) is 15.0 Å². The van der Waals surface area contributed by atoms with Crippen LogP contribution in [0.15, 0.2) is 18.2 Å². The molecule has 2 aromatic heterocycles. The Labute approximate surface area is 110 Å². The van der Waals surface area contributed by atoms with Gasteiger partial charge in [0.2, 0.25) is 0 Å². The Hall–Kier alpha value is -2.43. The van der Waals surface area contributed by atoms with E-state index >= 15 is 0 Å². The van der Waals surface area contributed by atoms with E-state index in [0.717, 1.165) is 27.6 Å². The summed E-state index contributed by atoms with van der Waals surface area (Å²) in [5.41, 5.74) is 8.52. The molecule has 2 heterocycles. The summed E-state index contributed by atoms with van der Waals surface area (Å²) in [5.74, 6) is 1.89. The Morgan fingerprint density at radius 2 is 1.84 bits per heavy atom. The second-order valence-electron chi connectivity index (χ2n) is 4.53. The van der Waals surface area contributed by atoms with Crippen LogP contribution in [0, 0.1) is 13.8 Å². The highest BCUT2D eigenvalue weighted by atomic mass is 16.5. The number of ether oxygens (including phenoxy) is 1. The predicted octanol–water partition coefficient (Wildman–Crippen LogP) is 2.39. The minimum atomic E-state index is 0.456. The molecule has 5 heteroatoms. The Bertz CT molecular complexity index is 798. The number of aromatic nitrogens is 3. The van der Waals surface area contributed by atoms with Crippen LogP contribution in [0.4, 0.5) is 5.82 Å². The summed E-state index contributed by atoms with van der Waals surface area (Å²) < 4.78 is 5.27. The SMILES string of the molecule is COc1cc(C)c2nc3nc(C)nc(N)c3cc2c1. The van der Waals surface area contributed by atoms with Gasteiger partial charge in [0, 0.05) is 5.39 Å². The highest BCUT2D eigenvalue weighted by Crippen LogP contribution is 2.27. The lowest BCUT2D eigenvalue weighted by molar-refractivity contribution is 0.415. The molecule has 0 radical (unpaired) electrons. The number of anilines is 1. The van der Waals surface area contributed by atoms with Gasteiger partial charge in [-0.2, -0.15) is 0 Å². The van der Waals surface area contributed by atoms with E-state index in [1.54, 1.807) is 7.11 Å². The zero-order valence-electron chi connectivity index (χ0n) is 11.1. The van der Waals surface area contributed by atoms with Crippen LogP contribution in [0.2, 0.25) is 0 Å². The number of hydrogen-bond donors (Lipinski definition) is 1. The van der Waals surface area contributed by atoms with Crippen molar-refractivity contribution in [2.24, 2.45) is 0 Å². The minimum absolute atomic E-state index is 0.456. The third-order valence-corrected chi connectivity index (χ3v) is 3.12. The van der Waals surface area contributed by atoms with Gasteiger partial charge in [0.25, 0.3) is 0 Å². The van der Waals surface area contributed by atoms with Gasteiger partial charge in [-0.25, -0.2) is 15.0 Å². The summed E-state index contributed by atoms with van der Waals surface area (Å²) in [5, 5.41) is 1.74. The molecule has 0 spiro atoms. The molecule has 3 rings (SSSR count). The van der Waals surface area contributed by atoms with E-state index in [-0.39, 0.29) is 0 Å². The number of fused-ring (bicyclic) bond motifs is 2. The zero-order valence-corrected chi connectivity index (χ0v) is 11.1. The molecule has 2 N–H and O–H groups in total. The van der Waals surface area contributed by atoms with Crippen LogP contribution in [0.5, 0.6) is 5.75 Å². The molecule has 0 aliphatic rings. The molecular formula is C14H14N4O. The van der Waals surface area contributed by atoms with Gasteiger partial charge in [-0.15, -0.1) is 0 Å². The van der Waals surface area contributed by atoms with E-state index in [1.807, 2.05) is 32.0 Å². The van der Waals surface area contributed by atoms with E-state index < -0.39 is 0 Å². The molecule has 0 saturated heterocycles. The normalized spacial score (nSPS) is 11.1. The first-order valence-electron chi connectivity index (χ1n) is 5.97. The van der Waals surface area contributed by atoms with Gasteiger partial charge in [0.05, 0.1) is 18.0 Å². The number of rotatable bonds is 1. The Morgan fingerprint density at radius 1 is 1.05 bits per heavy atom. The average Bonchev–Trinajstić information content (AvgIpc) is 2.37. The van der Waals surface area contributed by atoms with E-state index in [4.69, 9.17) is 10.5 Å². The monoisotopic (exact) mass is 254 g/mol. The summed E-state index contributed by atoms with van der Waals surface area (Å²) in [4.78, 5) is 13.1. The van der Waals surface area contributed by atoms with Gasteiger partial charge in [-0.05, 0) is 37.6 Å². The van der Waals surface area contributed by atoms with Gasteiger partial charge in [0.1, 0.15) is 17.4 Å². The van der Waals surface area contributed by atoms with Crippen molar-refractivity contribution in [1.29, 1.82) is 0 Å². The average molecular weight is 254 g/mol. The molecule has 5 nitrogen and oxygen atoms in total. The fraction of sp³-hybridized carbons (Fsp3) is 0.214. The summed E-state index contributed by atoms with van der Waals surface area (Å²) in [7, 11) is 1.65. The van der Waals surface area contributed by atoms with Crippen LogP contribution < -0.4 is 10.5 Å². The number of aryl methyl sites for hydroxylation is 2. The van der Waals surface area contributed by atoms with Crippen LogP contribution in [0.1, 0.15) is 11.4 Å². The third-order valence-electron chi connectivity index (χ3n) is 3.12. The molecule has 0 bridgehead atoms. The molecule has 96 valence electrons. The lowest BCUT2D eigenvalue weighted by Gasteiger charge is -2.08. The predicted molar refractivity (Wildman–Crippen MR) is 75.3 cm³/mol. The van der Waals surface area contributed by atoms with Gasteiger partial charge in [0.15, 0.2) is 5.65 Å². The molecular weight excluding hydrogens is 240 g/mol. The van der Waals surface area contributed by atoms with E-state index in [0.29, 0.717) is 17.3 Å². The van der Waals surface area contributed by atoms with Gasteiger partial charge in [-0.3, -0.25) is 0 Å². The van der Waals surface area contributed by atoms with E-state index in [2.05, 4.69) is 15.0 Å². The van der Waals surface area contributed by atoms with Crippen molar-refractivity contribution in [2.75, 3.05) is 12.8 Å². The van der Waals surface area contributed by atoms with Crippen molar-refractivity contribution in [3.8, 4) is 5.75 Å². The van der Waals surface area contributed by atoms with E-state index in [9.17, 15) is 0 Å². The second-order valence-corrected chi connectivity index (χ2v) is 4.53. The number of pyridine rings is 1. The van der Waals surface area contributed by atoms with Crippen LogP contribution in [-0.4, -0.2) is 22.1 Å². The zero-order chi connectivity index (χ0) is 13.6. The summed E-state index contributed by atoms with van der Waals surface area (Å²) in [6, 6.07) is 5.86. The standard InChI is InChI=1S/C14H14N4O/c1-7-4-10(19-3)5-9-6-11-13(15)16-8(2)17-14(11)18-12(7)9/h4-6H,1-3H3,(H2,15,16,17,18). The first kappa shape index (κ1) is 11.6. The molecule has 0 fully saturated rings. The number of hydrogen-bond acceptors (Lipinski definition) is 5. The maximum absolute atomic E-state index is 5.93. The Balaban J connectivity index is 2.45. The Morgan fingerprint density at radius 3 is 2.58 bits per heavy atom. The van der Waals surface area contributed by atoms with Crippen molar-refractivity contribution in [3.63, 3.8) is 0 Å². The smallest absolute Gasteiger partial charge is 0.165 e. The Kier molecular flexibility index (Phi) is 2.48. The fourth-order valence-corrected chi connectivity index (χ4v) is 2.23. The topological polar surface area (TPSA) is 73.9 Å². The van der Waals surface area contributed by atoms with Gasteiger partial charge in [-0.1, -0.05) is 0 Å². The molecule has 0 aliphatic carbocycles. The van der Waals surface area contributed by atoms with Crippen LogP contribution >= 0.6 is 0 Å². The largest absolute Gasteiger partial charge is 0.497 e. The summed E-state index contributed by atoms with van der Waals surface area (Å²) in [6.07, 6.45) is 0. The van der Waals surface area contributed by atoms with Crippen LogP contribution in [-0.2, 0) is 0 Å². The molecule has 0 aliphatic heterocycles. The number of benzene rings is 1. The maximum Gasteiger partial charge on any atom is 0.165 e. The molecule has 0 unspecified atom stereocenters. The number of nitrogen functional groups attached to an aromatic ring is 1. The number of methoxy groups -OCH3 is 1. The molecule has 0 saturated carbocycles. The first-order valence-corrected chi connectivity index (χ1v) is 5.97. The summed E-state index contributed by atoms with van der Waals surface area (Å²) >= 11 is 0. The van der Waals surface area contributed by atoms with E-state index in [1.165, 1.54) is 0 Å². The number of nitrogens with two attached hydrogens (primary N) is 1. The first-order chi connectivity index (χ1) is 9.08. The maximum atomic E-state index is 5.93. The lowest BCUT2D eigenvalue weighted by atomic mass is 10.1. The highest BCUT2D eigenvalue weighted by molar-refractivity contribution is 5.97. The molecule has 0 atom stereocenters. The van der Waals surface area contributed by atoms with Crippen LogP contribution in [0.3, 0.4) is 0 Å². The fourth-order valence-electron chi connectivity index (χ4n) is 2.23. The quantitative estimate of drug-likeness (QED) is 0.675. The third kappa shape index (κ3) is 1.83. The van der Waals surface area contributed by atoms with Crippen LogP contribution in [0.25, 0.3) is 21.9 Å². The van der Waals surface area contributed by atoms with Crippen molar-refractivity contribution >= 4 is 27.8 Å². The molecule has 19 heavy (non-hydrogen) atoms. The minimum Gasteiger partial charge on any atom is -0.497 e. The molecule has 0 amide bonds. The molecule has 3 aromatic rings. The second kappa shape index (κ2) is 4.05. The van der Waals surface area contributed by atoms with Gasteiger partial charge >= 0.3 is 0 Å². The van der Waals surface area contributed by atoms with Crippen molar-refractivity contribution < 1.29 is 4.74 Å². The van der Waals surface area contributed by atoms with Gasteiger partial charge < -0.3 is 10.5 Å². The van der Waals surface area contributed by atoms with Crippen molar-refractivity contribution in [2.45, 2.75) is 13.8 Å². The molecule has 1 aromatic carbocycles. The number of nitrogens with zero attached hydrogens (tertiary/aromatic N) is 3. The summed E-state index contributed by atoms with van der Waals surface area (Å²) in [6.45, 7) is 3.81. The highest BCUT2D eigenvalue weighted by Gasteiger charge is 2.09. The van der Waals surface area contributed by atoms with Crippen molar-refractivity contribution in [3.05, 3.63) is 29.6 Å². The lowest BCUT2D eigenvalue weighted by Crippen LogP contribution is -1.99.